The quantitative estimate of drug-likeness (QED) is 0.451. The molecule has 0 aromatic heterocycles. The number of phenols is 1. The van der Waals surface area contributed by atoms with E-state index in [1.165, 1.54) is 6.07 Å². The Balaban J connectivity index is 0.000000821. The number of ketones is 1. The van der Waals surface area contributed by atoms with Crippen LogP contribution in [0.3, 0.4) is 0 Å². The summed E-state index contributed by atoms with van der Waals surface area (Å²) < 4.78 is 5.28. The number of carboxylic acid groups (broad SMARTS) is 1. The highest BCUT2D eigenvalue weighted by atomic mass is 16.5. The maximum absolute atomic E-state index is 11.9. The summed E-state index contributed by atoms with van der Waals surface area (Å²) in [7, 11) is 0. The molecular weight excluding hydrogens is 348 g/mol. The summed E-state index contributed by atoms with van der Waals surface area (Å²) in [5, 5.41) is 18.2. The van der Waals surface area contributed by atoms with Gasteiger partial charge in [0.1, 0.15) is 11.5 Å². The molecule has 0 saturated carbocycles. The van der Waals surface area contributed by atoms with E-state index in [-0.39, 0.29) is 34.7 Å². The Labute approximate surface area is 161 Å². The monoisotopic (exact) mass is 380 g/mol. The molecule has 0 aliphatic heterocycles. The number of benzene rings is 1. The Morgan fingerprint density at radius 2 is 1.41 bits per heavy atom. The number of carbonyl (C=O) groups excluding carboxylic acids is 2. The summed E-state index contributed by atoms with van der Waals surface area (Å²) in [6.45, 7) is 15.5. The van der Waals surface area contributed by atoms with Crippen LogP contribution < -0.4 is 4.74 Å². The molecule has 1 rings (SSSR count). The number of Topliss-reactive ketones (excluding diaryl/α,β-unsaturated/α-hetero) is 1. The molecule has 0 heterocycles. The maximum Gasteiger partial charge on any atom is 0.316 e. The Hall–Kier alpha value is -2.37. The smallest absolute Gasteiger partial charge is 0.316 e. The fourth-order valence-electron chi connectivity index (χ4n) is 1.55. The van der Waals surface area contributed by atoms with Gasteiger partial charge in [-0.2, -0.15) is 0 Å². The van der Waals surface area contributed by atoms with Gasteiger partial charge in [0.05, 0.1) is 16.4 Å². The number of rotatable bonds is 3. The summed E-state index contributed by atoms with van der Waals surface area (Å²) in [6, 6.07) is 2.89. The minimum atomic E-state index is -0.757. The molecule has 0 unspecified atom stereocenters. The summed E-state index contributed by atoms with van der Waals surface area (Å²) in [6.07, 6.45) is 0. The van der Waals surface area contributed by atoms with Crippen molar-refractivity contribution < 1.29 is 29.3 Å². The molecule has 1 aromatic carbocycles. The number of phenolic OH excluding ortho intramolecular Hbond substituents is 1. The van der Waals surface area contributed by atoms with Crippen molar-refractivity contribution in [3.05, 3.63) is 23.3 Å². The summed E-state index contributed by atoms with van der Waals surface area (Å²) in [4.78, 5) is 33.8. The predicted octanol–water partition coefficient (Wildman–Crippen LogP) is 4.61. The maximum atomic E-state index is 11.9. The van der Waals surface area contributed by atoms with Gasteiger partial charge in [-0.05, 0) is 60.1 Å². The molecule has 2 N–H and O–H groups in total. The second-order valence-electron chi connectivity index (χ2n) is 8.85. The third-order valence-corrected chi connectivity index (χ3v) is 3.54. The Morgan fingerprint density at radius 3 is 1.74 bits per heavy atom. The van der Waals surface area contributed by atoms with Gasteiger partial charge < -0.3 is 14.9 Å². The first-order valence-corrected chi connectivity index (χ1v) is 8.82. The van der Waals surface area contributed by atoms with Gasteiger partial charge in [0.2, 0.25) is 0 Å². The molecule has 0 aliphatic rings. The van der Waals surface area contributed by atoms with Crippen LogP contribution in [0.25, 0.3) is 0 Å². The van der Waals surface area contributed by atoms with Gasteiger partial charge in [-0.3, -0.25) is 14.4 Å². The first-order chi connectivity index (χ1) is 12.0. The van der Waals surface area contributed by atoms with Gasteiger partial charge in [-0.1, -0.05) is 13.8 Å². The molecule has 27 heavy (non-hydrogen) atoms. The van der Waals surface area contributed by atoms with E-state index in [4.69, 9.17) is 9.84 Å². The topological polar surface area (TPSA) is 101 Å². The van der Waals surface area contributed by atoms with E-state index in [9.17, 15) is 19.5 Å². The SMILES string of the molecule is CC(C)(C)C(=O)O.Cc1cc(C(=O)C(C)C)c(O)cc1OC(=O)C(C)(C)C. The van der Waals surface area contributed by atoms with Crippen molar-refractivity contribution in [1.29, 1.82) is 0 Å². The summed E-state index contributed by atoms with van der Waals surface area (Å²) >= 11 is 0. The van der Waals surface area contributed by atoms with E-state index in [1.807, 2.05) is 0 Å². The average Bonchev–Trinajstić information content (AvgIpc) is 2.48. The molecule has 0 fully saturated rings. The van der Waals surface area contributed by atoms with Gasteiger partial charge in [0.25, 0.3) is 0 Å². The molecule has 1 aromatic rings. The minimum Gasteiger partial charge on any atom is -0.507 e. The van der Waals surface area contributed by atoms with E-state index < -0.39 is 16.8 Å². The van der Waals surface area contributed by atoms with Gasteiger partial charge in [0, 0.05) is 12.0 Å². The van der Waals surface area contributed by atoms with E-state index in [0.717, 1.165) is 0 Å². The van der Waals surface area contributed by atoms with Crippen molar-refractivity contribution in [2.75, 3.05) is 0 Å². The second-order valence-corrected chi connectivity index (χ2v) is 8.85. The van der Waals surface area contributed by atoms with Crippen molar-refractivity contribution in [2.24, 2.45) is 16.7 Å². The normalized spacial score (nSPS) is 11.5. The Bertz CT molecular complexity index is 703. The highest BCUT2D eigenvalue weighted by Crippen LogP contribution is 2.31. The minimum absolute atomic E-state index is 0.140. The predicted molar refractivity (Wildman–Crippen MR) is 104 cm³/mol. The van der Waals surface area contributed by atoms with Gasteiger partial charge >= 0.3 is 11.9 Å². The van der Waals surface area contributed by atoms with Gasteiger partial charge in [-0.15, -0.1) is 0 Å². The average molecular weight is 380 g/mol. The van der Waals surface area contributed by atoms with Crippen LogP contribution in [-0.2, 0) is 9.59 Å². The number of aliphatic carboxylic acids is 1. The van der Waals surface area contributed by atoms with Crippen molar-refractivity contribution in [3.63, 3.8) is 0 Å². The van der Waals surface area contributed by atoms with Crippen LogP contribution in [0.5, 0.6) is 11.5 Å². The standard InChI is InChI=1S/C16H22O4.C5H10O2/c1-9(2)14(18)11-7-10(3)13(8-12(11)17)20-15(19)16(4,5)6;1-5(2,3)4(6)7/h7-9,17H,1-6H3;1-3H3,(H,6,7). The fraction of sp³-hybridized carbons (Fsp3) is 0.571. The second kappa shape index (κ2) is 9.02. The fourth-order valence-corrected chi connectivity index (χ4v) is 1.55. The number of ether oxygens (including phenoxy) is 1. The number of esters is 1. The van der Waals surface area contributed by atoms with E-state index >= 15 is 0 Å². The molecule has 0 aliphatic carbocycles. The van der Waals surface area contributed by atoms with Crippen molar-refractivity contribution in [2.45, 2.75) is 62.3 Å². The lowest BCUT2D eigenvalue weighted by Crippen LogP contribution is -2.25. The van der Waals surface area contributed by atoms with Crippen LogP contribution in [0, 0.1) is 23.7 Å². The van der Waals surface area contributed by atoms with Crippen molar-refractivity contribution in [3.8, 4) is 11.5 Å². The molecule has 0 atom stereocenters. The number of carbonyl (C=O) groups is 3. The number of carboxylic acids is 1. The molecule has 0 bridgehead atoms. The van der Waals surface area contributed by atoms with Crippen LogP contribution in [-0.4, -0.2) is 27.9 Å². The zero-order chi connectivity index (χ0) is 21.7. The molecule has 0 spiro atoms. The molecule has 0 amide bonds. The first kappa shape index (κ1) is 24.6. The molecular formula is C21H32O6. The van der Waals surface area contributed by atoms with E-state index in [2.05, 4.69) is 0 Å². The molecule has 0 radical (unpaired) electrons. The van der Waals surface area contributed by atoms with Gasteiger partial charge in [-0.25, -0.2) is 0 Å². The van der Waals surface area contributed by atoms with Crippen LogP contribution in [0.1, 0.15) is 71.3 Å². The molecule has 152 valence electrons. The zero-order valence-corrected chi connectivity index (χ0v) is 17.8. The number of hydrogen-bond acceptors (Lipinski definition) is 5. The van der Waals surface area contributed by atoms with E-state index in [1.54, 1.807) is 68.4 Å². The number of hydrogen-bond donors (Lipinski definition) is 2. The van der Waals surface area contributed by atoms with Crippen molar-refractivity contribution >= 4 is 17.7 Å². The highest BCUT2D eigenvalue weighted by molar-refractivity contribution is 6.00. The Morgan fingerprint density at radius 1 is 0.963 bits per heavy atom. The van der Waals surface area contributed by atoms with Crippen LogP contribution in [0.4, 0.5) is 0 Å². The largest absolute Gasteiger partial charge is 0.507 e. The lowest BCUT2D eigenvalue weighted by molar-refractivity contribution is -0.146. The summed E-state index contributed by atoms with van der Waals surface area (Å²) in [5.41, 5.74) is -0.313. The Kier molecular flexibility index (Phi) is 8.23. The van der Waals surface area contributed by atoms with E-state index in [0.29, 0.717) is 5.56 Å². The lowest BCUT2D eigenvalue weighted by Gasteiger charge is -2.18. The third-order valence-electron chi connectivity index (χ3n) is 3.54. The first-order valence-electron chi connectivity index (χ1n) is 8.82. The molecule has 0 saturated heterocycles. The highest BCUT2D eigenvalue weighted by Gasteiger charge is 2.25. The van der Waals surface area contributed by atoms with Crippen LogP contribution in [0.2, 0.25) is 0 Å². The molecule has 6 heteroatoms. The zero-order valence-electron chi connectivity index (χ0n) is 17.8. The van der Waals surface area contributed by atoms with Crippen LogP contribution in [0.15, 0.2) is 12.1 Å². The summed E-state index contributed by atoms with van der Waals surface area (Å²) in [5.74, 6) is -1.37. The van der Waals surface area contributed by atoms with Crippen LogP contribution >= 0.6 is 0 Å². The number of aryl methyl sites for hydroxylation is 1. The van der Waals surface area contributed by atoms with Crippen molar-refractivity contribution in [1.82, 2.24) is 0 Å². The lowest BCUT2D eigenvalue weighted by atomic mass is 9.96. The van der Waals surface area contributed by atoms with Gasteiger partial charge in [0.15, 0.2) is 5.78 Å². The number of aromatic hydroxyl groups is 1. The third kappa shape index (κ3) is 7.81. The molecule has 6 nitrogen and oxygen atoms in total.